The molecule has 0 atom stereocenters. The van der Waals surface area contributed by atoms with E-state index in [0.717, 1.165) is 38.7 Å². The van der Waals surface area contributed by atoms with Crippen LogP contribution in [0.5, 0.6) is 0 Å². The molecule has 2 rings (SSSR count). The first-order valence-electron chi connectivity index (χ1n) is 7.75. The van der Waals surface area contributed by atoms with E-state index in [1.54, 1.807) is 7.11 Å². The van der Waals surface area contributed by atoms with Gasteiger partial charge in [0.05, 0.1) is 13.2 Å². The average molecular weight is 280 g/mol. The van der Waals surface area contributed by atoms with Crippen molar-refractivity contribution in [2.45, 2.75) is 32.9 Å². The highest BCUT2D eigenvalue weighted by molar-refractivity contribution is 4.92. The normalized spacial score (nSPS) is 17.7. The Kier molecular flexibility index (Phi) is 6.50. The molecule has 1 aliphatic heterocycles. The number of ether oxygens (including phenoxy) is 1. The Morgan fingerprint density at radius 3 is 2.90 bits per heavy atom. The van der Waals surface area contributed by atoms with Crippen molar-refractivity contribution in [3.8, 4) is 0 Å². The third-order valence-electron chi connectivity index (χ3n) is 4.13. The van der Waals surface area contributed by atoms with E-state index >= 15 is 0 Å². The minimum Gasteiger partial charge on any atom is -0.383 e. The average Bonchev–Trinajstić information content (AvgIpc) is 2.92. The lowest BCUT2D eigenvalue weighted by Gasteiger charge is -2.31. The van der Waals surface area contributed by atoms with E-state index in [2.05, 4.69) is 32.9 Å². The number of nitrogens with zero attached hydrogens (tertiary/aromatic N) is 3. The van der Waals surface area contributed by atoms with Crippen molar-refractivity contribution in [3.63, 3.8) is 0 Å². The number of nitrogens with one attached hydrogen (secondary N) is 1. The highest BCUT2D eigenvalue weighted by Crippen LogP contribution is 2.18. The van der Waals surface area contributed by atoms with Crippen LogP contribution in [0.1, 0.15) is 25.6 Å². The van der Waals surface area contributed by atoms with Gasteiger partial charge in [-0.25, -0.2) is 4.98 Å². The summed E-state index contributed by atoms with van der Waals surface area (Å²) < 4.78 is 7.28. The summed E-state index contributed by atoms with van der Waals surface area (Å²) in [7, 11) is 1.75. The summed E-state index contributed by atoms with van der Waals surface area (Å²) in [5.74, 6) is 2.01. The van der Waals surface area contributed by atoms with Gasteiger partial charge in [0.25, 0.3) is 0 Å². The number of hydrogen-bond acceptors (Lipinski definition) is 4. The van der Waals surface area contributed by atoms with Gasteiger partial charge in [-0.05, 0) is 45.3 Å². The molecule has 0 spiro atoms. The van der Waals surface area contributed by atoms with Gasteiger partial charge in [0.2, 0.25) is 0 Å². The molecule has 1 aromatic rings. The first kappa shape index (κ1) is 15.5. The zero-order valence-corrected chi connectivity index (χ0v) is 12.8. The molecule has 1 N–H and O–H groups in total. The molecule has 0 radical (unpaired) electrons. The Bertz CT molecular complexity index is 372. The SMILES string of the molecule is CCn1ccnc1CN1CCC(CNCCOC)CC1. The fourth-order valence-corrected chi connectivity index (χ4v) is 2.81. The Labute approximate surface area is 122 Å². The van der Waals surface area contributed by atoms with E-state index in [1.807, 2.05) is 6.20 Å². The number of rotatable bonds is 8. The maximum atomic E-state index is 5.05. The number of piperidine rings is 1. The zero-order valence-electron chi connectivity index (χ0n) is 12.8. The van der Waals surface area contributed by atoms with E-state index in [9.17, 15) is 0 Å². The maximum Gasteiger partial charge on any atom is 0.122 e. The van der Waals surface area contributed by atoms with Crippen LogP contribution in [0.3, 0.4) is 0 Å². The van der Waals surface area contributed by atoms with Crippen LogP contribution in [0.15, 0.2) is 12.4 Å². The molecule has 0 saturated carbocycles. The van der Waals surface area contributed by atoms with Gasteiger partial charge in [0.1, 0.15) is 5.82 Å². The summed E-state index contributed by atoms with van der Waals surface area (Å²) >= 11 is 0. The first-order valence-corrected chi connectivity index (χ1v) is 7.75. The quantitative estimate of drug-likeness (QED) is 0.730. The van der Waals surface area contributed by atoms with Crippen LogP contribution in [-0.4, -0.2) is 54.3 Å². The summed E-state index contributed by atoms with van der Waals surface area (Å²) in [5.41, 5.74) is 0. The Morgan fingerprint density at radius 1 is 1.40 bits per heavy atom. The molecule has 20 heavy (non-hydrogen) atoms. The Morgan fingerprint density at radius 2 is 2.20 bits per heavy atom. The van der Waals surface area contributed by atoms with E-state index in [0.29, 0.717) is 0 Å². The molecule has 0 aromatic carbocycles. The molecule has 1 saturated heterocycles. The minimum atomic E-state index is 0.804. The fraction of sp³-hybridized carbons (Fsp3) is 0.800. The van der Waals surface area contributed by atoms with Gasteiger partial charge in [0.15, 0.2) is 0 Å². The van der Waals surface area contributed by atoms with Crippen molar-refractivity contribution >= 4 is 0 Å². The smallest absolute Gasteiger partial charge is 0.122 e. The standard InChI is InChI=1S/C15H28N4O/c1-3-19-10-6-17-15(19)13-18-8-4-14(5-9-18)12-16-7-11-20-2/h6,10,14,16H,3-5,7-9,11-13H2,1-2H3. The molecule has 0 bridgehead atoms. The van der Waals surface area contributed by atoms with Crippen LogP contribution in [0, 0.1) is 5.92 Å². The second-order valence-electron chi connectivity index (χ2n) is 5.55. The van der Waals surface area contributed by atoms with Crippen molar-refractivity contribution in [1.82, 2.24) is 19.8 Å². The first-order chi connectivity index (χ1) is 9.83. The number of aryl methyl sites for hydroxylation is 1. The number of methoxy groups -OCH3 is 1. The molecule has 2 heterocycles. The molecule has 0 amide bonds. The van der Waals surface area contributed by atoms with E-state index in [1.165, 1.54) is 31.8 Å². The number of hydrogen-bond donors (Lipinski definition) is 1. The highest BCUT2D eigenvalue weighted by atomic mass is 16.5. The highest BCUT2D eigenvalue weighted by Gasteiger charge is 2.19. The van der Waals surface area contributed by atoms with Gasteiger partial charge in [0, 0.05) is 32.6 Å². The van der Waals surface area contributed by atoms with E-state index in [4.69, 9.17) is 4.74 Å². The number of aromatic nitrogens is 2. The summed E-state index contributed by atoms with van der Waals surface area (Å²) in [4.78, 5) is 6.99. The molecule has 1 fully saturated rings. The predicted octanol–water partition coefficient (Wildman–Crippen LogP) is 1.35. The van der Waals surface area contributed by atoms with Gasteiger partial charge >= 0.3 is 0 Å². The lowest BCUT2D eigenvalue weighted by atomic mass is 9.97. The second kappa shape index (κ2) is 8.39. The molecule has 1 aromatic heterocycles. The van der Waals surface area contributed by atoms with Crippen LogP contribution >= 0.6 is 0 Å². The van der Waals surface area contributed by atoms with Gasteiger partial charge in [-0.3, -0.25) is 4.90 Å². The molecular formula is C15H28N4O. The summed E-state index contributed by atoms with van der Waals surface area (Å²) in [6, 6.07) is 0. The lowest BCUT2D eigenvalue weighted by Crippen LogP contribution is -2.38. The predicted molar refractivity (Wildman–Crippen MR) is 80.6 cm³/mol. The van der Waals surface area contributed by atoms with Gasteiger partial charge < -0.3 is 14.6 Å². The van der Waals surface area contributed by atoms with Crippen LogP contribution in [0.4, 0.5) is 0 Å². The minimum absolute atomic E-state index is 0.804. The Balaban J connectivity index is 1.66. The molecule has 5 nitrogen and oxygen atoms in total. The molecule has 0 unspecified atom stereocenters. The topological polar surface area (TPSA) is 42.3 Å². The summed E-state index contributed by atoms with van der Waals surface area (Å²) in [5, 5.41) is 3.47. The molecular weight excluding hydrogens is 252 g/mol. The summed E-state index contributed by atoms with van der Waals surface area (Å²) in [6.07, 6.45) is 6.55. The Hall–Kier alpha value is -0.910. The molecule has 0 aliphatic carbocycles. The van der Waals surface area contributed by atoms with Crippen molar-refractivity contribution in [2.24, 2.45) is 5.92 Å². The summed E-state index contributed by atoms with van der Waals surface area (Å²) in [6.45, 7) is 9.44. The van der Waals surface area contributed by atoms with E-state index < -0.39 is 0 Å². The monoisotopic (exact) mass is 280 g/mol. The third-order valence-corrected chi connectivity index (χ3v) is 4.13. The van der Waals surface area contributed by atoms with Crippen molar-refractivity contribution in [1.29, 1.82) is 0 Å². The van der Waals surface area contributed by atoms with Gasteiger partial charge in [-0.2, -0.15) is 0 Å². The molecule has 1 aliphatic rings. The molecule has 114 valence electrons. The van der Waals surface area contributed by atoms with Gasteiger partial charge in [-0.1, -0.05) is 0 Å². The van der Waals surface area contributed by atoms with Gasteiger partial charge in [-0.15, -0.1) is 0 Å². The number of likely N-dealkylation sites (tertiary alicyclic amines) is 1. The second-order valence-corrected chi connectivity index (χ2v) is 5.55. The van der Waals surface area contributed by atoms with Crippen LogP contribution in [0.2, 0.25) is 0 Å². The van der Waals surface area contributed by atoms with Crippen LogP contribution < -0.4 is 5.32 Å². The number of imidazole rings is 1. The molecule has 5 heteroatoms. The van der Waals surface area contributed by atoms with E-state index in [-0.39, 0.29) is 0 Å². The lowest BCUT2D eigenvalue weighted by molar-refractivity contribution is 0.164. The van der Waals surface area contributed by atoms with Crippen LogP contribution in [-0.2, 0) is 17.8 Å². The zero-order chi connectivity index (χ0) is 14.2. The van der Waals surface area contributed by atoms with Crippen LogP contribution in [0.25, 0.3) is 0 Å². The maximum absolute atomic E-state index is 5.05. The van der Waals surface area contributed by atoms with Crippen molar-refractivity contribution < 1.29 is 4.74 Å². The van der Waals surface area contributed by atoms with Crippen molar-refractivity contribution in [3.05, 3.63) is 18.2 Å². The largest absolute Gasteiger partial charge is 0.383 e. The third kappa shape index (κ3) is 4.58. The van der Waals surface area contributed by atoms with Crippen molar-refractivity contribution in [2.75, 3.05) is 39.9 Å². The fourth-order valence-electron chi connectivity index (χ4n) is 2.81.